The lowest BCUT2D eigenvalue weighted by atomic mass is 9.96. The maximum Gasteiger partial charge on any atom is 0.303 e. The number of hydrogen-bond donors (Lipinski definition) is 1. The molecular weight excluding hydrogens is 242 g/mol. The van der Waals surface area contributed by atoms with Gasteiger partial charge in [0.25, 0.3) is 0 Å². The Kier molecular flexibility index (Phi) is 2.81. The summed E-state index contributed by atoms with van der Waals surface area (Å²) in [5.41, 5.74) is 2.67. The van der Waals surface area contributed by atoms with E-state index in [-0.39, 0.29) is 12.3 Å². The third-order valence-electron chi connectivity index (χ3n) is 3.44. The molecule has 3 rings (SSSR count). The predicted molar refractivity (Wildman–Crippen MR) is 72.2 cm³/mol. The molecule has 0 radical (unpaired) electrons. The van der Waals surface area contributed by atoms with Gasteiger partial charge in [-0.1, -0.05) is 12.1 Å². The summed E-state index contributed by atoms with van der Waals surface area (Å²) in [5.74, 6) is 0.372. The maximum atomic E-state index is 10.6. The molecule has 98 valence electrons. The van der Waals surface area contributed by atoms with E-state index in [9.17, 15) is 4.79 Å². The summed E-state index contributed by atoms with van der Waals surface area (Å²) < 4.78 is 0. The van der Waals surface area contributed by atoms with Crippen LogP contribution in [0.4, 0.5) is 5.82 Å². The Morgan fingerprint density at radius 3 is 2.58 bits per heavy atom. The van der Waals surface area contributed by atoms with Crippen molar-refractivity contribution >= 4 is 22.8 Å². The molecule has 0 bridgehead atoms. The van der Waals surface area contributed by atoms with Gasteiger partial charge in [0, 0.05) is 19.0 Å². The third-order valence-corrected chi connectivity index (χ3v) is 3.44. The van der Waals surface area contributed by atoms with Crippen molar-refractivity contribution in [3.8, 4) is 0 Å². The van der Waals surface area contributed by atoms with Gasteiger partial charge in [0.2, 0.25) is 0 Å². The first-order chi connectivity index (χ1) is 9.13. The van der Waals surface area contributed by atoms with E-state index in [4.69, 9.17) is 5.11 Å². The van der Waals surface area contributed by atoms with Crippen LogP contribution >= 0.6 is 0 Å². The number of aliphatic carboxylic acids is 1. The van der Waals surface area contributed by atoms with Gasteiger partial charge in [-0.25, -0.2) is 9.97 Å². The molecule has 0 atom stereocenters. The maximum absolute atomic E-state index is 10.6. The first-order valence-corrected chi connectivity index (χ1v) is 6.33. The number of rotatable bonds is 3. The summed E-state index contributed by atoms with van der Waals surface area (Å²) in [4.78, 5) is 21.9. The van der Waals surface area contributed by atoms with Gasteiger partial charge in [-0.05, 0) is 19.1 Å². The number of aryl methyl sites for hydroxylation is 1. The zero-order valence-electron chi connectivity index (χ0n) is 10.7. The van der Waals surface area contributed by atoms with Crippen LogP contribution in [0.25, 0.3) is 11.0 Å². The number of carboxylic acids is 1. The smallest absolute Gasteiger partial charge is 0.303 e. The van der Waals surface area contributed by atoms with Gasteiger partial charge >= 0.3 is 5.97 Å². The molecule has 1 aromatic carbocycles. The first kappa shape index (κ1) is 11.9. The lowest BCUT2D eigenvalue weighted by molar-refractivity contribution is -0.138. The Labute approximate surface area is 110 Å². The van der Waals surface area contributed by atoms with Crippen molar-refractivity contribution < 1.29 is 9.90 Å². The number of fused-ring (bicyclic) bond motifs is 1. The Bertz CT molecular complexity index is 636. The van der Waals surface area contributed by atoms with Crippen molar-refractivity contribution in [1.82, 2.24) is 9.97 Å². The molecule has 1 aliphatic rings. The van der Waals surface area contributed by atoms with E-state index in [1.54, 1.807) is 0 Å². The normalized spacial score (nSPS) is 15.5. The monoisotopic (exact) mass is 257 g/mol. The molecule has 5 nitrogen and oxygen atoms in total. The van der Waals surface area contributed by atoms with Crippen LogP contribution in [0, 0.1) is 12.8 Å². The topological polar surface area (TPSA) is 66.3 Å². The Hall–Kier alpha value is -2.17. The molecule has 1 N–H and O–H groups in total. The Balaban J connectivity index is 1.82. The van der Waals surface area contributed by atoms with E-state index in [0.717, 1.165) is 35.6 Å². The fourth-order valence-corrected chi connectivity index (χ4v) is 2.50. The van der Waals surface area contributed by atoms with E-state index in [2.05, 4.69) is 14.9 Å². The lowest BCUT2D eigenvalue weighted by Gasteiger charge is -2.40. The van der Waals surface area contributed by atoms with Crippen LogP contribution in [0.15, 0.2) is 24.3 Å². The fourth-order valence-electron chi connectivity index (χ4n) is 2.50. The molecule has 1 saturated heterocycles. The molecule has 1 fully saturated rings. The molecule has 0 amide bonds. The first-order valence-electron chi connectivity index (χ1n) is 6.33. The molecule has 5 heteroatoms. The molecule has 1 aromatic heterocycles. The van der Waals surface area contributed by atoms with E-state index < -0.39 is 5.97 Å². The third kappa shape index (κ3) is 2.23. The van der Waals surface area contributed by atoms with Crippen molar-refractivity contribution in [1.29, 1.82) is 0 Å². The number of hydrogen-bond acceptors (Lipinski definition) is 4. The van der Waals surface area contributed by atoms with Crippen LogP contribution in [0.5, 0.6) is 0 Å². The lowest BCUT2D eigenvalue weighted by Crippen LogP contribution is -2.48. The van der Waals surface area contributed by atoms with Gasteiger partial charge in [0.15, 0.2) is 5.82 Å². The standard InChI is InChI=1S/C14H15N3O2/c1-9-14(17-7-10(8-17)6-13(18)19)16-12-5-3-2-4-11(12)15-9/h2-5,10H,6-8H2,1H3,(H,18,19). The summed E-state index contributed by atoms with van der Waals surface area (Å²) in [5, 5.41) is 8.76. The molecule has 2 aromatic rings. The largest absolute Gasteiger partial charge is 0.481 e. The molecule has 0 saturated carbocycles. The number of anilines is 1. The second-order valence-corrected chi connectivity index (χ2v) is 4.99. The minimum atomic E-state index is -0.731. The molecule has 0 spiro atoms. The van der Waals surface area contributed by atoms with Crippen molar-refractivity contribution in [2.75, 3.05) is 18.0 Å². The minimum absolute atomic E-state index is 0.227. The van der Waals surface area contributed by atoms with Gasteiger partial charge in [-0.3, -0.25) is 4.79 Å². The Morgan fingerprint density at radius 1 is 1.32 bits per heavy atom. The molecular formula is C14H15N3O2. The molecule has 2 heterocycles. The zero-order valence-corrected chi connectivity index (χ0v) is 10.7. The van der Waals surface area contributed by atoms with E-state index >= 15 is 0 Å². The van der Waals surface area contributed by atoms with E-state index in [0.29, 0.717) is 0 Å². The molecule has 0 aliphatic carbocycles. The molecule has 1 aliphatic heterocycles. The van der Waals surface area contributed by atoms with Crippen LogP contribution in [0.3, 0.4) is 0 Å². The second kappa shape index (κ2) is 4.50. The number of aromatic nitrogens is 2. The summed E-state index contributed by atoms with van der Waals surface area (Å²) in [7, 11) is 0. The number of benzene rings is 1. The van der Waals surface area contributed by atoms with Crippen LogP contribution < -0.4 is 4.90 Å². The van der Waals surface area contributed by atoms with Crippen molar-refractivity contribution in [2.24, 2.45) is 5.92 Å². The summed E-state index contributed by atoms with van der Waals surface area (Å²) in [6.07, 6.45) is 0.233. The molecule has 19 heavy (non-hydrogen) atoms. The Morgan fingerprint density at radius 2 is 1.95 bits per heavy atom. The second-order valence-electron chi connectivity index (χ2n) is 4.99. The SMILES string of the molecule is Cc1nc2ccccc2nc1N1CC(CC(=O)O)C1. The fraction of sp³-hybridized carbons (Fsp3) is 0.357. The highest BCUT2D eigenvalue weighted by Gasteiger charge is 2.30. The van der Waals surface area contributed by atoms with Gasteiger partial charge in [-0.2, -0.15) is 0 Å². The molecule has 0 unspecified atom stereocenters. The average Bonchev–Trinajstić information content (AvgIpc) is 2.32. The van der Waals surface area contributed by atoms with Gasteiger partial charge in [0.05, 0.1) is 23.1 Å². The van der Waals surface area contributed by atoms with Crippen molar-refractivity contribution in [3.63, 3.8) is 0 Å². The van der Waals surface area contributed by atoms with E-state index in [1.165, 1.54) is 0 Å². The highest BCUT2D eigenvalue weighted by Crippen LogP contribution is 2.28. The number of carbonyl (C=O) groups is 1. The summed E-state index contributed by atoms with van der Waals surface area (Å²) in [6.45, 7) is 3.44. The zero-order chi connectivity index (χ0) is 13.4. The minimum Gasteiger partial charge on any atom is -0.481 e. The summed E-state index contributed by atoms with van der Waals surface area (Å²) in [6, 6.07) is 7.78. The van der Waals surface area contributed by atoms with Gasteiger partial charge in [0.1, 0.15) is 0 Å². The van der Waals surface area contributed by atoms with Crippen molar-refractivity contribution in [2.45, 2.75) is 13.3 Å². The highest BCUT2D eigenvalue weighted by atomic mass is 16.4. The summed E-state index contributed by atoms with van der Waals surface area (Å²) >= 11 is 0. The van der Waals surface area contributed by atoms with Crippen LogP contribution in [0.1, 0.15) is 12.1 Å². The number of nitrogens with zero attached hydrogens (tertiary/aromatic N) is 3. The van der Waals surface area contributed by atoms with Crippen LogP contribution in [0.2, 0.25) is 0 Å². The van der Waals surface area contributed by atoms with Crippen LogP contribution in [-0.4, -0.2) is 34.1 Å². The van der Waals surface area contributed by atoms with Crippen LogP contribution in [-0.2, 0) is 4.79 Å². The predicted octanol–water partition coefficient (Wildman–Crippen LogP) is 1.85. The van der Waals surface area contributed by atoms with Gasteiger partial charge < -0.3 is 10.0 Å². The van der Waals surface area contributed by atoms with Gasteiger partial charge in [-0.15, -0.1) is 0 Å². The number of carboxylic acid groups (broad SMARTS) is 1. The highest BCUT2D eigenvalue weighted by molar-refractivity contribution is 5.76. The van der Waals surface area contributed by atoms with Crippen molar-refractivity contribution in [3.05, 3.63) is 30.0 Å². The number of para-hydroxylation sites is 2. The quantitative estimate of drug-likeness (QED) is 0.909. The van der Waals surface area contributed by atoms with E-state index in [1.807, 2.05) is 31.2 Å². The average molecular weight is 257 g/mol.